The lowest BCUT2D eigenvalue weighted by Gasteiger charge is -2.12. The summed E-state index contributed by atoms with van der Waals surface area (Å²) in [5, 5.41) is 0. The van der Waals surface area contributed by atoms with Gasteiger partial charge >= 0.3 is 0 Å². The predicted molar refractivity (Wildman–Crippen MR) is 71.8 cm³/mol. The minimum atomic E-state index is -3.74. The number of halogens is 1. The molecule has 2 N–H and O–H groups in total. The summed E-state index contributed by atoms with van der Waals surface area (Å²) in [4.78, 5) is -0.304. The van der Waals surface area contributed by atoms with Gasteiger partial charge in [0.15, 0.2) is 9.84 Å². The van der Waals surface area contributed by atoms with E-state index in [4.69, 9.17) is 5.73 Å². The highest BCUT2D eigenvalue weighted by molar-refractivity contribution is 7.91. The van der Waals surface area contributed by atoms with E-state index in [-0.39, 0.29) is 10.6 Å². The Morgan fingerprint density at radius 1 is 1.00 bits per heavy atom. The van der Waals surface area contributed by atoms with E-state index < -0.39 is 21.7 Å². The molecule has 0 spiro atoms. The number of benzene rings is 2. The molecule has 1 unspecified atom stereocenters. The molecule has 3 nitrogen and oxygen atoms in total. The molecule has 0 radical (unpaired) electrons. The van der Waals surface area contributed by atoms with Crippen molar-refractivity contribution in [2.45, 2.75) is 10.9 Å². The van der Waals surface area contributed by atoms with Crippen LogP contribution in [0.25, 0.3) is 0 Å². The van der Waals surface area contributed by atoms with Crippen LogP contribution in [0.4, 0.5) is 4.39 Å². The number of nitrogens with two attached hydrogens (primary N) is 1. The second kappa shape index (κ2) is 5.50. The van der Waals surface area contributed by atoms with Gasteiger partial charge in [0.2, 0.25) is 0 Å². The van der Waals surface area contributed by atoms with Crippen LogP contribution in [0.1, 0.15) is 11.6 Å². The summed E-state index contributed by atoms with van der Waals surface area (Å²) in [6, 6.07) is 13.5. The van der Waals surface area contributed by atoms with Crippen molar-refractivity contribution in [1.29, 1.82) is 0 Å². The highest BCUT2D eigenvalue weighted by Gasteiger charge is 2.22. The van der Waals surface area contributed by atoms with Crippen LogP contribution in [0.15, 0.2) is 59.5 Å². The maximum absolute atomic E-state index is 13.5. The second-order valence-electron chi connectivity index (χ2n) is 4.23. The maximum atomic E-state index is 13.5. The van der Waals surface area contributed by atoms with Gasteiger partial charge in [0.05, 0.1) is 5.75 Å². The quantitative estimate of drug-likeness (QED) is 0.934. The molecular formula is C14H14FNO2S. The molecular weight excluding hydrogens is 265 g/mol. The Morgan fingerprint density at radius 3 is 2.21 bits per heavy atom. The van der Waals surface area contributed by atoms with Crippen LogP contribution in [0.5, 0.6) is 0 Å². The van der Waals surface area contributed by atoms with Crippen molar-refractivity contribution in [3.63, 3.8) is 0 Å². The number of rotatable bonds is 4. The molecule has 0 aromatic heterocycles. The first-order valence-electron chi connectivity index (χ1n) is 5.78. The van der Waals surface area contributed by atoms with Gasteiger partial charge in [0.1, 0.15) is 10.7 Å². The molecule has 100 valence electrons. The van der Waals surface area contributed by atoms with Gasteiger partial charge in [-0.25, -0.2) is 12.8 Å². The number of hydrogen-bond donors (Lipinski definition) is 1. The monoisotopic (exact) mass is 279 g/mol. The third-order valence-electron chi connectivity index (χ3n) is 2.80. The smallest absolute Gasteiger partial charge is 0.183 e. The average Bonchev–Trinajstić information content (AvgIpc) is 2.39. The van der Waals surface area contributed by atoms with Crippen LogP contribution in [-0.2, 0) is 9.84 Å². The van der Waals surface area contributed by atoms with Gasteiger partial charge in [-0.3, -0.25) is 0 Å². The van der Waals surface area contributed by atoms with Crippen LogP contribution < -0.4 is 5.73 Å². The fraction of sp³-hybridized carbons (Fsp3) is 0.143. The summed E-state index contributed by atoms with van der Waals surface area (Å²) in [6.07, 6.45) is 0. The lowest BCUT2D eigenvalue weighted by atomic mass is 10.1. The Balaban J connectivity index is 2.26. The van der Waals surface area contributed by atoms with Crippen molar-refractivity contribution >= 4 is 9.84 Å². The molecule has 0 saturated heterocycles. The largest absolute Gasteiger partial charge is 0.323 e. The third kappa shape index (κ3) is 3.19. The van der Waals surface area contributed by atoms with Gasteiger partial charge in [0.25, 0.3) is 0 Å². The fourth-order valence-electron chi connectivity index (χ4n) is 1.82. The Hall–Kier alpha value is -1.72. The molecule has 2 aromatic rings. The molecule has 0 aliphatic carbocycles. The first kappa shape index (κ1) is 13.7. The molecule has 0 saturated carbocycles. The van der Waals surface area contributed by atoms with E-state index in [0.29, 0.717) is 5.56 Å². The summed E-state index contributed by atoms with van der Waals surface area (Å²) in [6.45, 7) is 0. The zero-order valence-electron chi connectivity index (χ0n) is 10.2. The van der Waals surface area contributed by atoms with Crippen molar-refractivity contribution in [3.8, 4) is 0 Å². The first-order chi connectivity index (χ1) is 9.00. The summed E-state index contributed by atoms with van der Waals surface area (Å²) in [5.74, 6) is -1.07. The number of hydrogen-bond acceptors (Lipinski definition) is 3. The summed E-state index contributed by atoms with van der Waals surface area (Å²) in [5.41, 5.74) is 6.58. The predicted octanol–water partition coefficient (Wildman–Crippen LogP) is 2.30. The number of sulfone groups is 1. The summed E-state index contributed by atoms with van der Waals surface area (Å²) >= 11 is 0. The second-order valence-corrected chi connectivity index (χ2v) is 6.23. The van der Waals surface area contributed by atoms with E-state index in [0.717, 1.165) is 6.07 Å². The SMILES string of the molecule is NC(CS(=O)(=O)c1ccccc1F)c1ccccc1. The summed E-state index contributed by atoms with van der Waals surface area (Å²) < 4.78 is 37.8. The van der Waals surface area contributed by atoms with E-state index in [1.807, 2.05) is 6.07 Å². The van der Waals surface area contributed by atoms with E-state index >= 15 is 0 Å². The molecule has 0 aliphatic rings. The Labute approximate surface area is 111 Å². The maximum Gasteiger partial charge on any atom is 0.183 e. The van der Waals surface area contributed by atoms with Gasteiger partial charge < -0.3 is 5.73 Å². The van der Waals surface area contributed by atoms with E-state index in [9.17, 15) is 12.8 Å². The highest BCUT2D eigenvalue weighted by Crippen LogP contribution is 2.20. The van der Waals surface area contributed by atoms with Gasteiger partial charge in [-0.1, -0.05) is 42.5 Å². The van der Waals surface area contributed by atoms with Gasteiger partial charge in [-0.15, -0.1) is 0 Å². The Kier molecular flexibility index (Phi) is 3.97. The van der Waals surface area contributed by atoms with E-state index in [1.54, 1.807) is 24.3 Å². The topological polar surface area (TPSA) is 60.2 Å². The van der Waals surface area contributed by atoms with Crippen LogP contribution in [-0.4, -0.2) is 14.2 Å². The van der Waals surface area contributed by atoms with Gasteiger partial charge in [-0.2, -0.15) is 0 Å². The van der Waals surface area contributed by atoms with E-state index in [1.165, 1.54) is 18.2 Å². The molecule has 0 aliphatic heterocycles. The van der Waals surface area contributed by atoms with Gasteiger partial charge in [-0.05, 0) is 17.7 Å². The molecule has 0 heterocycles. The third-order valence-corrected chi connectivity index (χ3v) is 4.60. The van der Waals surface area contributed by atoms with Crippen molar-refractivity contribution in [2.75, 3.05) is 5.75 Å². The van der Waals surface area contributed by atoms with Crippen molar-refractivity contribution in [2.24, 2.45) is 5.73 Å². The molecule has 2 rings (SSSR count). The zero-order chi connectivity index (χ0) is 13.9. The van der Waals surface area contributed by atoms with Gasteiger partial charge in [0, 0.05) is 6.04 Å². The highest BCUT2D eigenvalue weighted by atomic mass is 32.2. The molecule has 19 heavy (non-hydrogen) atoms. The minimum Gasteiger partial charge on any atom is -0.323 e. The van der Waals surface area contributed by atoms with Crippen molar-refractivity contribution in [3.05, 3.63) is 66.0 Å². The van der Waals surface area contributed by atoms with Crippen LogP contribution in [0, 0.1) is 5.82 Å². The fourth-order valence-corrected chi connectivity index (χ4v) is 3.32. The van der Waals surface area contributed by atoms with Crippen LogP contribution in [0.2, 0.25) is 0 Å². The minimum absolute atomic E-state index is 0.304. The molecule has 0 amide bonds. The Bertz CT molecular complexity index is 656. The van der Waals surface area contributed by atoms with Crippen molar-refractivity contribution < 1.29 is 12.8 Å². The average molecular weight is 279 g/mol. The van der Waals surface area contributed by atoms with Crippen molar-refractivity contribution in [1.82, 2.24) is 0 Å². The zero-order valence-corrected chi connectivity index (χ0v) is 11.0. The molecule has 1 atom stereocenters. The van der Waals surface area contributed by atoms with Crippen LogP contribution in [0.3, 0.4) is 0 Å². The molecule has 2 aromatic carbocycles. The molecule has 5 heteroatoms. The van der Waals surface area contributed by atoms with Crippen LogP contribution >= 0.6 is 0 Å². The molecule has 0 bridgehead atoms. The Morgan fingerprint density at radius 2 is 1.58 bits per heavy atom. The lowest BCUT2D eigenvalue weighted by molar-refractivity contribution is 0.562. The van der Waals surface area contributed by atoms with E-state index in [2.05, 4.69) is 0 Å². The normalized spacial score (nSPS) is 13.2. The standard InChI is InChI=1S/C14H14FNO2S/c15-12-8-4-5-9-14(12)19(17,18)10-13(16)11-6-2-1-3-7-11/h1-9,13H,10,16H2. The lowest BCUT2D eigenvalue weighted by Crippen LogP contribution is -2.22. The molecule has 0 fully saturated rings. The summed E-state index contributed by atoms with van der Waals surface area (Å²) in [7, 11) is -3.74. The first-order valence-corrected chi connectivity index (χ1v) is 7.44.